The second kappa shape index (κ2) is 4.56. The van der Waals surface area contributed by atoms with Crippen molar-refractivity contribution in [3.63, 3.8) is 0 Å². The molecule has 1 aromatic rings. The van der Waals surface area contributed by atoms with E-state index >= 15 is 0 Å². The molecule has 0 saturated carbocycles. The van der Waals surface area contributed by atoms with Crippen molar-refractivity contribution in [2.45, 2.75) is 30.2 Å². The molecule has 2 nitrogen and oxygen atoms in total. The van der Waals surface area contributed by atoms with Crippen LogP contribution in [0.2, 0.25) is 0 Å². The average molecular weight is 223 g/mol. The molecule has 0 bridgehead atoms. The minimum Gasteiger partial charge on any atom is -0.395 e. The molecule has 0 aliphatic carbocycles. The number of aliphatic hydroxyl groups is 1. The summed E-state index contributed by atoms with van der Waals surface area (Å²) in [5, 5.41) is 9.15. The number of aliphatic hydroxyl groups excluding tert-OH is 1. The monoisotopic (exact) mass is 223 g/mol. The number of rotatable bonds is 2. The van der Waals surface area contributed by atoms with Gasteiger partial charge < -0.3 is 10.8 Å². The third kappa shape index (κ3) is 2.05. The van der Waals surface area contributed by atoms with Crippen molar-refractivity contribution in [1.29, 1.82) is 0 Å². The molecule has 1 aliphatic heterocycles. The Morgan fingerprint density at radius 3 is 3.13 bits per heavy atom. The molecular weight excluding hydrogens is 206 g/mol. The molecule has 1 heterocycles. The Kier molecular flexibility index (Phi) is 3.34. The lowest BCUT2D eigenvalue weighted by Crippen LogP contribution is -2.33. The second-order valence-electron chi connectivity index (χ2n) is 4.08. The molecule has 3 N–H and O–H groups in total. The van der Waals surface area contributed by atoms with Crippen molar-refractivity contribution in [3.05, 3.63) is 29.3 Å². The molecule has 1 aromatic carbocycles. The van der Waals surface area contributed by atoms with Crippen molar-refractivity contribution in [3.8, 4) is 0 Å². The molecule has 0 radical (unpaired) electrons. The van der Waals surface area contributed by atoms with Gasteiger partial charge in [-0.3, -0.25) is 0 Å². The van der Waals surface area contributed by atoms with Crippen molar-refractivity contribution in [1.82, 2.24) is 0 Å². The van der Waals surface area contributed by atoms with Crippen LogP contribution in [0.1, 0.15) is 23.5 Å². The van der Waals surface area contributed by atoms with Crippen molar-refractivity contribution in [2.24, 2.45) is 5.73 Å². The summed E-state index contributed by atoms with van der Waals surface area (Å²) >= 11 is 1.91. The Bertz CT molecular complexity index is 353. The van der Waals surface area contributed by atoms with E-state index in [1.807, 2.05) is 11.8 Å². The molecule has 2 atom stereocenters. The fraction of sp³-hybridized carbons (Fsp3) is 0.500. The standard InChI is InChI=1S/C12H17NOS/c1-8-3-2-4-10-9(11(13)7-14)5-6-15-12(8)10/h2-4,9,11,14H,5-7,13H2,1H3. The van der Waals surface area contributed by atoms with Crippen molar-refractivity contribution < 1.29 is 5.11 Å². The Morgan fingerprint density at radius 1 is 1.60 bits per heavy atom. The van der Waals surface area contributed by atoms with Gasteiger partial charge in [-0.1, -0.05) is 18.2 Å². The lowest BCUT2D eigenvalue weighted by Gasteiger charge is -2.29. The number of benzene rings is 1. The molecule has 0 saturated heterocycles. The van der Waals surface area contributed by atoms with Crippen molar-refractivity contribution >= 4 is 11.8 Å². The molecule has 2 rings (SSSR count). The lowest BCUT2D eigenvalue weighted by molar-refractivity contribution is 0.246. The van der Waals surface area contributed by atoms with Gasteiger partial charge in [0.15, 0.2) is 0 Å². The van der Waals surface area contributed by atoms with Gasteiger partial charge in [-0.25, -0.2) is 0 Å². The number of hydrogen-bond acceptors (Lipinski definition) is 3. The summed E-state index contributed by atoms with van der Waals surface area (Å²) in [7, 11) is 0. The lowest BCUT2D eigenvalue weighted by atomic mass is 9.88. The summed E-state index contributed by atoms with van der Waals surface area (Å²) in [5.41, 5.74) is 8.61. The molecule has 2 unspecified atom stereocenters. The molecule has 15 heavy (non-hydrogen) atoms. The van der Waals surface area contributed by atoms with Crippen LogP contribution in [0.3, 0.4) is 0 Å². The highest BCUT2D eigenvalue weighted by molar-refractivity contribution is 7.99. The summed E-state index contributed by atoms with van der Waals surface area (Å²) in [6, 6.07) is 6.25. The SMILES string of the molecule is Cc1cccc2c1SCCC2C(N)CO. The Balaban J connectivity index is 2.38. The van der Waals surface area contributed by atoms with E-state index in [0.29, 0.717) is 5.92 Å². The zero-order valence-electron chi connectivity index (χ0n) is 8.94. The molecule has 0 amide bonds. The van der Waals surface area contributed by atoms with Gasteiger partial charge >= 0.3 is 0 Å². The van der Waals surface area contributed by atoms with E-state index in [2.05, 4.69) is 25.1 Å². The van der Waals surface area contributed by atoms with Crippen LogP contribution in [0.5, 0.6) is 0 Å². The summed E-state index contributed by atoms with van der Waals surface area (Å²) in [6.45, 7) is 2.21. The molecular formula is C12H17NOS. The number of nitrogens with two attached hydrogens (primary N) is 1. The first-order valence-electron chi connectivity index (χ1n) is 5.32. The maximum atomic E-state index is 9.15. The zero-order chi connectivity index (χ0) is 10.8. The fourth-order valence-electron chi connectivity index (χ4n) is 2.18. The average Bonchev–Trinajstić information content (AvgIpc) is 2.28. The first-order valence-corrected chi connectivity index (χ1v) is 6.31. The third-order valence-corrected chi connectivity index (χ3v) is 4.33. The molecule has 0 fully saturated rings. The van der Waals surface area contributed by atoms with E-state index in [1.165, 1.54) is 16.0 Å². The number of thioether (sulfide) groups is 1. The molecule has 1 aliphatic rings. The largest absolute Gasteiger partial charge is 0.395 e. The summed E-state index contributed by atoms with van der Waals surface area (Å²) < 4.78 is 0. The number of fused-ring (bicyclic) bond motifs is 1. The van der Waals surface area contributed by atoms with E-state index in [4.69, 9.17) is 10.8 Å². The van der Waals surface area contributed by atoms with Gasteiger partial charge in [0.05, 0.1) is 6.61 Å². The van der Waals surface area contributed by atoms with E-state index in [0.717, 1.165) is 12.2 Å². The molecule has 0 spiro atoms. The highest BCUT2D eigenvalue weighted by Gasteiger charge is 2.26. The van der Waals surface area contributed by atoms with Crippen LogP contribution < -0.4 is 5.73 Å². The Hall–Kier alpha value is -0.510. The second-order valence-corrected chi connectivity index (χ2v) is 5.19. The van der Waals surface area contributed by atoms with Gasteiger partial charge in [0, 0.05) is 16.9 Å². The van der Waals surface area contributed by atoms with E-state index < -0.39 is 0 Å². The smallest absolute Gasteiger partial charge is 0.0588 e. The minimum atomic E-state index is -0.119. The Morgan fingerprint density at radius 2 is 2.40 bits per heavy atom. The van der Waals surface area contributed by atoms with E-state index in [-0.39, 0.29) is 12.6 Å². The van der Waals surface area contributed by atoms with Gasteiger partial charge in [-0.05, 0) is 30.2 Å². The molecule has 82 valence electrons. The minimum absolute atomic E-state index is 0.0721. The van der Waals surface area contributed by atoms with Crippen LogP contribution >= 0.6 is 11.8 Å². The first-order chi connectivity index (χ1) is 7.24. The quantitative estimate of drug-likeness (QED) is 0.805. The summed E-state index contributed by atoms with van der Waals surface area (Å²) in [5.74, 6) is 1.43. The highest BCUT2D eigenvalue weighted by Crippen LogP contribution is 2.40. The van der Waals surface area contributed by atoms with Gasteiger partial charge in [0.1, 0.15) is 0 Å². The van der Waals surface area contributed by atoms with E-state index in [1.54, 1.807) is 0 Å². The zero-order valence-corrected chi connectivity index (χ0v) is 9.76. The van der Waals surface area contributed by atoms with E-state index in [9.17, 15) is 0 Å². The van der Waals surface area contributed by atoms with Gasteiger partial charge in [-0.2, -0.15) is 0 Å². The maximum absolute atomic E-state index is 9.15. The fourth-order valence-corrected chi connectivity index (χ4v) is 3.44. The molecule has 3 heteroatoms. The predicted molar refractivity (Wildman–Crippen MR) is 64.3 cm³/mol. The molecule has 0 aromatic heterocycles. The van der Waals surface area contributed by atoms with Crippen molar-refractivity contribution in [2.75, 3.05) is 12.4 Å². The Labute approximate surface area is 94.9 Å². The van der Waals surface area contributed by atoms with Crippen LogP contribution in [-0.4, -0.2) is 23.5 Å². The van der Waals surface area contributed by atoms with Crippen LogP contribution in [0.4, 0.5) is 0 Å². The maximum Gasteiger partial charge on any atom is 0.0588 e. The normalized spacial score (nSPS) is 22.2. The first kappa shape index (κ1) is 11.0. The van der Waals surface area contributed by atoms with Crippen LogP contribution in [0.25, 0.3) is 0 Å². The van der Waals surface area contributed by atoms with Gasteiger partial charge in [0.25, 0.3) is 0 Å². The highest BCUT2D eigenvalue weighted by atomic mass is 32.2. The number of aryl methyl sites for hydroxylation is 1. The summed E-state index contributed by atoms with van der Waals surface area (Å²) in [6.07, 6.45) is 1.07. The number of hydrogen-bond donors (Lipinski definition) is 2. The topological polar surface area (TPSA) is 46.2 Å². The summed E-state index contributed by atoms with van der Waals surface area (Å²) in [4.78, 5) is 1.37. The van der Waals surface area contributed by atoms with Crippen LogP contribution in [0.15, 0.2) is 23.1 Å². The van der Waals surface area contributed by atoms with Crippen LogP contribution in [-0.2, 0) is 0 Å². The van der Waals surface area contributed by atoms with Crippen LogP contribution in [0, 0.1) is 6.92 Å². The predicted octanol–water partition coefficient (Wildman–Crippen LogP) is 1.89. The van der Waals surface area contributed by atoms with Gasteiger partial charge in [0.2, 0.25) is 0 Å². The van der Waals surface area contributed by atoms with Gasteiger partial charge in [-0.15, -0.1) is 11.8 Å². The third-order valence-electron chi connectivity index (χ3n) is 3.04.